The number of halogens is 3. The van der Waals surface area contributed by atoms with Crippen molar-refractivity contribution in [3.05, 3.63) is 35.1 Å². The zero-order valence-electron chi connectivity index (χ0n) is 10.6. The second-order valence-corrected chi connectivity index (χ2v) is 4.37. The van der Waals surface area contributed by atoms with Crippen molar-refractivity contribution in [3.8, 4) is 0 Å². The number of hydrogen-bond acceptors (Lipinski definition) is 2. The molecule has 0 fully saturated rings. The maximum Gasteiger partial charge on any atom is 0.194 e. The monoisotopic (exact) mass is 261 g/mol. The molecule has 0 saturated carbocycles. The smallest absolute Gasteiger partial charge is 0.194 e. The Labute approximate surface area is 105 Å². The van der Waals surface area contributed by atoms with Crippen molar-refractivity contribution in [1.29, 1.82) is 0 Å². The minimum Gasteiger partial charge on any atom is -0.394 e. The van der Waals surface area contributed by atoms with Crippen LogP contribution >= 0.6 is 0 Å². The maximum atomic E-state index is 13.0. The van der Waals surface area contributed by atoms with E-state index in [2.05, 4.69) is 5.32 Å². The molecule has 0 aromatic heterocycles. The van der Waals surface area contributed by atoms with Crippen LogP contribution in [-0.2, 0) is 6.54 Å². The lowest BCUT2D eigenvalue weighted by atomic mass is 9.93. The fraction of sp³-hybridized carbons (Fsp3) is 0.538. The Morgan fingerprint density at radius 3 is 2.00 bits per heavy atom. The number of aliphatic hydroxyl groups is 1. The van der Waals surface area contributed by atoms with E-state index in [0.717, 1.165) is 12.1 Å². The van der Waals surface area contributed by atoms with Crippen LogP contribution in [0.4, 0.5) is 13.2 Å². The quantitative estimate of drug-likeness (QED) is 0.772. The Morgan fingerprint density at radius 2 is 1.61 bits per heavy atom. The van der Waals surface area contributed by atoms with Crippen LogP contribution in [0.15, 0.2) is 12.1 Å². The van der Waals surface area contributed by atoms with Crippen molar-refractivity contribution in [2.24, 2.45) is 0 Å². The van der Waals surface area contributed by atoms with Gasteiger partial charge in [0.05, 0.1) is 6.61 Å². The Morgan fingerprint density at radius 1 is 1.11 bits per heavy atom. The highest BCUT2D eigenvalue weighted by atomic mass is 19.2. The van der Waals surface area contributed by atoms with Gasteiger partial charge in [0.1, 0.15) is 0 Å². The molecule has 0 aliphatic heterocycles. The molecule has 0 amide bonds. The van der Waals surface area contributed by atoms with Gasteiger partial charge in [-0.1, -0.05) is 13.8 Å². The Hall–Kier alpha value is -1.07. The summed E-state index contributed by atoms with van der Waals surface area (Å²) in [6.45, 7) is 3.94. The summed E-state index contributed by atoms with van der Waals surface area (Å²) in [7, 11) is 0. The van der Waals surface area contributed by atoms with Gasteiger partial charge in [0.2, 0.25) is 0 Å². The van der Waals surface area contributed by atoms with Gasteiger partial charge in [-0.15, -0.1) is 0 Å². The number of hydrogen-bond donors (Lipinski definition) is 2. The molecule has 102 valence electrons. The summed E-state index contributed by atoms with van der Waals surface area (Å²) in [6, 6.07) is 1.91. The number of nitrogens with one attached hydrogen (secondary N) is 1. The fourth-order valence-electron chi connectivity index (χ4n) is 1.78. The zero-order valence-corrected chi connectivity index (χ0v) is 10.6. The summed E-state index contributed by atoms with van der Waals surface area (Å²) >= 11 is 0. The standard InChI is InChI=1S/C13H18F3NO/c1-3-13(4-2,8-18)17-7-9-5-10(14)12(16)11(15)6-9/h5-6,17-18H,3-4,7-8H2,1-2H3. The molecule has 0 aliphatic rings. The zero-order chi connectivity index (χ0) is 13.8. The van der Waals surface area contributed by atoms with Gasteiger partial charge in [0.25, 0.3) is 0 Å². The number of aliphatic hydroxyl groups excluding tert-OH is 1. The van der Waals surface area contributed by atoms with Gasteiger partial charge in [0.15, 0.2) is 17.5 Å². The van der Waals surface area contributed by atoms with Gasteiger partial charge in [-0.3, -0.25) is 0 Å². The lowest BCUT2D eigenvalue weighted by molar-refractivity contribution is 0.149. The highest BCUT2D eigenvalue weighted by Crippen LogP contribution is 2.17. The molecule has 18 heavy (non-hydrogen) atoms. The van der Waals surface area contributed by atoms with Crippen molar-refractivity contribution < 1.29 is 18.3 Å². The van der Waals surface area contributed by atoms with Crippen molar-refractivity contribution in [2.75, 3.05) is 6.61 Å². The summed E-state index contributed by atoms with van der Waals surface area (Å²) in [6.07, 6.45) is 1.37. The number of rotatable bonds is 6. The molecule has 5 heteroatoms. The number of benzene rings is 1. The van der Waals surface area contributed by atoms with Crippen LogP contribution < -0.4 is 5.32 Å². The SMILES string of the molecule is CCC(CC)(CO)NCc1cc(F)c(F)c(F)c1. The average molecular weight is 261 g/mol. The van der Waals surface area contributed by atoms with Gasteiger partial charge in [0, 0.05) is 12.1 Å². The lowest BCUT2D eigenvalue weighted by Gasteiger charge is -2.31. The Kier molecular flexibility index (Phi) is 5.16. The van der Waals surface area contributed by atoms with E-state index < -0.39 is 23.0 Å². The summed E-state index contributed by atoms with van der Waals surface area (Å²) in [4.78, 5) is 0. The third-order valence-electron chi connectivity index (χ3n) is 3.37. The molecule has 0 bridgehead atoms. The summed E-state index contributed by atoms with van der Waals surface area (Å²) in [5.74, 6) is -3.86. The molecule has 1 aromatic rings. The van der Waals surface area contributed by atoms with Crippen LogP contribution in [0.5, 0.6) is 0 Å². The predicted molar refractivity (Wildman–Crippen MR) is 63.6 cm³/mol. The molecule has 2 nitrogen and oxygen atoms in total. The van der Waals surface area contributed by atoms with E-state index in [1.807, 2.05) is 13.8 Å². The molecule has 0 saturated heterocycles. The predicted octanol–water partition coefficient (Wildman–Crippen LogP) is 2.74. The minimum atomic E-state index is -1.46. The highest BCUT2D eigenvalue weighted by molar-refractivity contribution is 5.19. The fourth-order valence-corrected chi connectivity index (χ4v) is 1.78. The van der Waals surface area contributed by atoms with Gasteiger partial charge < -0.3 is 10.4 Å². The summed E-state index contributed by atoms with van der Waals surface area (Å²) in [5, 5.41) is 12.4. The maximum absolute atomic E-state index is 13.0. The second-order valence-electron chi connectivity index (χ2n) is 4.37. The van der Waals surface area contributed by atoms with Gasteiger partial charge in [-0.2, -0.15) is 0 Å². The van der Waals surface area contributed by atoms with Crippen molar-refractivity contribution in [1.82, 2.24) is 5.32 Å². The van der Waals surface area contributed by atoms with Gasteiger partial charge >= 0.3 is 0 Å². The summed E-state index contributed by atoms with van der Waals surface area (Å²) in [5.41, 5.74) is -0.160. The van der Waals surface area contributed by atoms with Crippen molar-refractivity contribution in [3.63, 3.8) is 0 Å². The van der Waals surface area contributed by atoms with E-state index in [4.69, 9.17) is 0 Å². The molecule has 0 aliphatic carbocycles. The first-order chi connectivity index (χ1) is 8.48. The van der Waals surface area contributed by atoms with Crippen LogP contribution in [-0.4, -0.2) is 17.3 Å². The normalized spacial score (nSPS) is 11.9. The van der Waals surface area contributed by atoms with Crippen molar-refractivity contribution in [2.45, 2.75) is 38.8 Å². The van der Waals surface area contributed by atoms with E-state index >= 15 is 0 Å². The second kappa shape index (κ2) is 6.20. The average Bonchev–Trinajstić information content (AvgIpc) is 2.38. The summed E-state index contributed by atoms with van der Waals surface area (Å²) < 4.78 is 38.8. The third kappa shape index (κ3) is 3.23. The Balaban J connectivity index is 2.80. The first-order valence-electron chi connectivity index (χ1n) is 5.97. The largest absolute Gasteiger partial charge is 0.394 e. The van der Waals surface area contributed by atoms with Crippen LogP contribution in [0.3, 0.4) is 0 Å². The van der Waals surface area contributed by atoms with E-state index in [1.165, 1.54) is 0 Å². The first-order valence-corrected chi connectivity index (χ1v) is 5.97. The molecule has 0 atom stereocenters. The third-order valence-corrected chi connectivity index (χ3v) is 3.37. The highest BCUT2D eigenvalue weighted by Gasteiger charge is 2.24. The molecule has 0 heterocycles. The molecular formula is C13H18F3NO. The topological polar surface area (TPSA) is 32.3 Å². The van der Waals surface area contributed by atoms with E-state index in [-0.39, 0.29) is 13.2 Å². The van der Waals surface area contributed by atoms with Crippen LogP contribution in [0.2, 0.25) is 0 Å². The molecule has 0 radical (unpaired) electrons. The first kappa shape index (κ1) is 15.0. The van der Waals surface area contributed by atoms with E-state index in [1.54, 1.807) is 0 Å². The van der Waals surface area contributed by atoms with Crippen molar-refractivity contribution >= 4 is 0 Å². The van der Waals surface area contributed by atoms with Crippen LogP contribution in [0, 0.1) is 17.5 Å². The van der Waals surface area contributed by atoms with Gasteiger partial charge in [-0.05, 0) is 30.5 Å². The Bertz CT molecular complexity index is 374. The molecular weight excluding hydrogens is 243 g/mol. The molecule has 1 aromatic carbocycles. The molecule has 0 unspecified atom stereocenters. The molecule has 2 N–H and O–H groups in total. The molecule has 0 spiro atoms. The van der Waals surface area contributed by atoms with Crippen LogP contribution in [0.1, 0.15) is 32.3 Å². The van der Waals surface area contributed by atoms with E-state index in [9.17, 15) is 18.3 Å². The minimum absolute atomic E-state index is 0.0633. The molecule has 1 rings (SSSR count). The van der Waals surface area contributed by atoms with E-state index in [0.29, 0.717) is 18.4 Å². The lowest BCUT2D eigenvalue weighted by Crippen LogP contribution is -2.47. The van der Waals surface area contributed by atoms with Crippen LogP contribution in [0.25, 0.3) is 0 Å². The van der Waals surface area contributed by atoms with Gasteiger partial charge in [-0.25, -0.2) is 13.2 Å².